The molecule has 1 aliphatic heterocycles. The van der Waals surface area contributed by atoms with Crippen LogP contribution in [-0.2, 0) is 14.3 Å². The summed E-state index contributed by atoms with van der Waals surface area (Å²) in [6, 6.07) is -0.155. The minimum Gasteiger partial charge on any atom is -0.483 e. The van der Waals surface area contributed by atoms with Crippen molar-refractivity contribution in [3.63, 3.8) is 0 Å². The molecule has 0 N–H and O–H groups in total. The first-order chi connectivity index (χ1) is 11.4. The Morgan fingerprint density at radius 2 is 2.08 bits per heavy atom. The molecule has 7 heteroatoms. The van der Waals surface area contributed by atoms with Gasteiger partial charge in [-0.3, -0.25) is 4.79 Å². The van der Waals surface area contributed by atoms with E-state index in [4.69, 9.17) is 25.0 Å². The summed E-state index contributed by atoms with van der Waals surface area (Å²) in [5.41, 5.74) is 7.82. The maximum atomic E-state index is 11.5. The summed E-state index contributed by atoms with van der Waals surface area (Å²) in [7, 11) is 3.22. The summed E-state index contributed by atoms with van der Waals surface area (Å²) in [5, 5.41) is 0. The van der Waals surface area contributed by atoms with Crippen molar-refractivity contribution in [1.29, 1.82) is 0 Å². The van der Waals surface area contributed by atoms with Crippen LogP contribution in [-0.4, -0.2) is 54.4 Å². The molecule has 1 heterocycles. The molecule has 0 aromatic rings. The number of methoxy groups -OCH3 is 2. The van der Waals surface area contributed by atoms with Crippen LogP contribution in [0.25, 0.3) is 5.53 Å². The molecule has 0 radical (unpaired) electrons. The van der Waals surface area contributed by atoms with Gasteiger partial charge in [0.25, 0.3) is 0 Å². The zero-order valence-electron chi connectivity index (χ0n) is 15.3. The molecular weight excluding hydrogens is 308 g/mol. The highest BCUT2D eigenvalue weighted by atomic mass is 16.5. The number of Topliss-reactive ketones (excluding diaryl/α,β-unsaturated/α-hetero) is 1. The summed E-state index contributed by atoms with van der Waals surface area (Å²) in [5.74, 6) is 1.25. The lowest BCUT2D eigenvalue weighted by Gasteiger charge is -2.36. The van der Waals surface area contributed by atoms with Gasteiger partial charge in [-0.2, -0.15) is 4.79 Å². The smallest absolute Gasteiger partial charge is 0.323 e. The van der Waals surface area contributed by atoms with Crippen LogP contribution in [0.15, 0.2) is 9.98 Å². The first-order valence-electron chi connectivity index (χ1n) is 8.40. The molecule has 0 amide bonds. The van der Waals surface area contributed by atoms with Crippen LogP contribution >= 0.6 is 0 Å². The number of rotatable bonds is 8. The molecule has 0 unspecified atom stereocenters. The number of aliphatic imine (C=N–C) groups is 2. The van der Waals surface area contributed by atoms with E-state index < -0.39 is 5.54 Å². The standard InChI is InChI=1S/C17H28N4O3/c1-6-9-17(10-7-8-13(22)11-19-18)16(24-5)20-14(12(2)3)15(21-17)23-4/h11-12,14H,6-10H2,1-5H3/t14-,17-/m1/s1. The van der Waals surface area contributed by atoms with Gasteiger partial charge in [-0.25, -0.2) is 9.98 Å². The maximum Gasteiger partial charge on any atom is 0.323 e. The molecule has 1 aliphatic rings. The third-order valence-electron chi connectivity index (χ3n) is 4.14. The topological polar surface area (TPSA) is 96.7 Å². The number of ether oxygens (including phenoxy) is 2. The highest BCUT2D eigenvalue weighted by Gasteiger charge is 2.42. The van der Waals surface area contributed by atoms with E-state index in [9.17, 15) is 4.79 Å². The van der Waals surface area contributed by atoms with E-state index in [2.05, 4.69) is 25.6 Å². The molecular formula is C17H28N4O3. The minimum atomic E-state index is -0.600. The highest BCUT2D eigenvalue weighted by molar-refractivity contribution is 6.25. The summed E-state index contributed by atoms with van der Waals surface area (Å²) in [6.45, 7) is 6.21. The van der Waals surface area contributed by atoms with Crippen LogP contribution < -0.4 is 0 Å². The average Bonchev–Trinajstić information content (AvgIpc) is 2.54. The van der Waals surface area contributed by atoms with Crippen molar-refractivity contribution in [3.05, 3.63) is 5.53 Å². The monoisotopic (exact) mass is 336 g/mol. The van der Waals surface area contributed by atoms with Gasteiger partial charge in [-0.15, -0.1) is 0 Å². The van der Waals surface area contributed by atoms with Crippen LogP contribution in [0.1, 0.15) is 52.9 Å². The second kappa shape index (κ2) is 9.33. The number of ketones is 1. The maximum absolute atomic E-state index is 11.5. The quantitative estimate of drug-likeness (QED) is 0.387. The Balaban J connectivity index is 3.07. The Labute approximate surface area is 143 Å². The molecule has 7 nitrogen and oxygen atoms in total. The molecule has 2 atom stereocenters. The predicted octanol–water partition coefficient (Wildman–Crippen LogP) is 2.69. The molecule has 0 fully saturated rings. The summed E-state index contributed by atoms with van der Waals surface area (Å²) in [6.07, 6.45) is 4.10. The van der Waals surface area contributed by atoms with Gasteiger partial charge in [0, 0.05) is 6.42 Å². The van der Waals surface area contributed by atoms with Gasteiger partial charge in [0.1, 0.15) is 11.6 Å². The number of hydrogen-bond donors (Lipinski definition) is 0. The van der Waals surface area contributed by atoms with Gasteiger partial charge in [0.2, 0.25) is 17.6 Å². The minimum absolute atomic E-state index is 0.155. The van der Waals surface area contributed by atoms with Crippen LogP contribution in [0, 0.1) is 5.92 Å². The fourth-order valence-corrected chi connectivity index (χ4v) is 3.02. The number of hydrogen-bond acceptors (Lipinski definition) is 5. The molecule has 0 aliphatic carbocycles. The van der Waals surface area contributed by atoms with Gasteiger partial charge < -0.3 is 15.0 Å². The van der Waals surface area contributed by atoms with E-state index in [1.807, 2.05) is 0 Å². The molecule has 0 spiro atoms. The Morgan fingerprint density at radius 1 is 1.38 bits per heavy atom. The fraction of sp³-hybridized carbons (Fsp3) is 0.765. The zero-order valence-corrected chi connectivity index (χ0v) is 15.3. The summed E-state index contributed by atoms with van der Waals surface area (Å²) in [4.78, 5) is 23.9. The Kier molecular flexibility index (Phi) is 7.79. The van der Waals surface area contributed by atoms with E-state index in [1.54, 1.807) is 14.2 Å². The van der Waals surface area contributed by atoms with Crippen molar-refractivity contribution in [3.8, 4) is 0 Å². The fourth-order valence-electron chi connectivity index (χ4n) is 3.02. The average molecular weight is 336 g/mol. The van der Waals surface area contributed by atoms with Crippen molar-refractivity contribution in [2.75, 3.05) is 14.2 Å². The second-order valence-corrected chi connectivity index (χ2v) is 6.33. The van der Waals surface area contributed by atoms with Crippen molar-refractivity contribution < 1.29 is 19.1 Å². The third kappa shape index (κ3) is 4.74. The summed E-state index contributed by atoms with van der Waals surface area (Å²) >= 11 is 0. The van der Waals surface area contributed by atoms with Crippen LogP contribution in [0.4, 0.5) is 0 Å². The Hall–Kier alpha value is -2.01. The molecule has 0 saturated heterocycles. The largest absolute Gasteiger partial charge is 0.483 e. The van der Waals surface area contributed by atoms with Crippen LogP contribution in [0.5, 0.6) is 0 Å². The predicted molar refractivity (Wildman–Crippen MR) is 93.7 cm³/mol. The Bertz CT molecular complexity index is 550. The molecule has 0 aromatic carbocycles. The molecule has 1 rings (SSSR count). The van der Waals surface area contributed by atoms with E-state index in [0.717, 1.165) is 19.1 Å². The van der Waals surface area contributed by atoms with Gasteiger partial charge in [-0.1, -0.05) is 27.2 Å². The lowest BCUT2D eigenvalue weighted by Crippen LogP contribution is -2.46. The van der Waals surface area contributed by atoms with E-state index in [1.165, 1.54) is 0 Å². The zero-order chi connectivity index (χ0) is 18.2. The third-order valence-corrected chi connectivity index (χ3v) is 4.14. The SMILES string of the molecule is CCC[C@]1(CCCC(=O)C=[N+]=[N-])N=C(OC)[C@@H](C(C)C)N=C1OC. The molecule has 0 bridgehead atoms. The Morgan fingerprint density at radius 3 is 2.58 bits per heavy atom. The van der Waals surface area contributed by atoms with Gasteiger partial charge in [0.05, 0.1) is 14.2 Å². The number of carbonyl (C=O) groups is 1. The molecule has 0 aromatic heterocycles. The van der Waals surface area contributed by atoms with Gasteiger partial charge in [-0.05, 0) is 25.2 Å². The highest BCUT2D eigenvalue weighted by Crippen LogP contribution is 2.33. The van der Waals surface area contributed by atoms with Crippen molar-refractivity contribution >= 4 is 23.8 Å². The number of nitrogens with zero attached hydrogens (tertiary/aromatic N) is 4. The lowest BCUT2D eigenvalue weighted by molar-refractivity contribution is -0.116. The van der Waals surface area contributed by atoms with Crippen molar-refractivity contribution in [1.82, 2.24) is 0 Å². The van der Waals surface area contributed by atoms with E-state index in [0.29, 0.717) is 24.6 Å². The molecule has 0 saturated carbocycles. The molecule has 24 heavy (non-hydrogen) atoms. The number of carbonyl (C=O) groups excluding carboxylic acids is 1. The van der Waals surface area contributed by atoms with Crippen molar-refractivity contribution in [2.45, 2.75) is 64.5 Å². The van der Waals surface area contributed by atoms with E-state index in [-0.39, 0.29) is 24.2 Å². The lowest BCUT2D eigenvalue weighted by atomic mass is 9.85. The normalized spacial score (nSPS) is 23.2. The van der Waals surface area contributed by atoms with Gasteiger partial charge >= 0.3 is 6.21 Å². The molecule has 134 valence electrons. The van der Waals surface area contributed by atoms with Gasteiger partial charge in [0.15, 0.2) is 0 Å². The summed E-state index contributed by atoms with van der Waals surface area (Å²) < 4.78 is 11.1. The first kappa shape index (κ1) is 20.0. The first-order valence-corrected chi connectivity index (χ1v) is 8.40. The second-order valence-electron chi connectivity index (χ2n) is 6.33. The van der Waals surface area contributed by atoms with Crippen LogP contribution in [0.3, 0.4) is 0 Å². The van der Waals surface area contributed by atoms with E-state index >= 15 is 0 Å². The van der Waals surface area contributed by atoms with Crippen LogP contribution in [0.2, 0.25) is 0 Å². The van der Waals surface area contributed by atoms with Crippen molar-refractivity contribution in [2.24, 2.45) is 15.9 Å².